The molecule has 0 aliphatic rings. The third-order valence-electron chi connectivity index (χ3n) is 4.19. The molecule has 0 radical (unpaired) electrons. The summed E-state index contributed by atoms with van der Waals surface area (Å²) in [5, 5.41) is 20.2. The van der Waals surface area contributed by atoms with Crippen LogP contribution in [0.1, 0.15) is 24.1 Å². The Morgan fingerprint density at radius 1 is 1.31 bits per heavy atom. The quantitative estimate of drug-likeness (QED) is 0.599. The number of nitriles is 1. The van der Waals surface area contributed by atoms with E-state index in [0.717, 1.165) is 41.6 Å². The van der Waals surface area contributed by atoms with Crippen LogP contribution in [-0.2, 0) is 11.2 Å². The fourth-order valence-corrected chi connectivity index (χ4v) is 3.51. The molecule has 6 nitrogen and oxygen atoms in total. The predicted octanol–water partition coefficient (Wildman–Crippen LogP) is 3.58. The number of carbonyl (C=O) groups is 1. The lowest BCUT2D eigenvalue weighted by molar-refractivity contribution is -0.118. The van der Waals surface area contributed by atoms with Crippen LogP contribution in [-0.4, -0.2) is 26.4 Å². The van der Waals surface area contributed by atoms with Gasteiger partial charge in [-0.3, -0.25) is 9.36 Å². The number of aryl methyl sites for hydroxylation is 1. The van der Waals surface area contributed by atoms with Crippen LogP contribution < -0.4 is 5.32 Å². The first kappa shape index (κ1) is 20.5. The highest BCUT2D eigenvalue weighted by Gasteiger charge is 2.19. The van der Waals surface area contributed by atoms with Gasteiger partial charge in [0.15, 0.2) is 5.16 Å². The van der Waals surface area contributed by atoms with Crippen molar-refractivity contribution in [2.75, 3.05) is 5.75 Å². The van der Waals surface area contributed by atoms with Crippen LogP contribution in [0.3, 0.4) is 0 Å². The Labute approximate surface area is 170 Å². The summed E-state index contributed by atoms with van der Waals surface area (Å²) < 4.78 is 28.7. The Morgan fingerprint density at radius 2 is 2.10 bits per heavy atom. The first-order valence-electron chi connectivity index (χ1n) is 8.78. The van der Waals surface area contributed by atoms with Gasteiger partial charge in [-0.25, -0.2) is 8.78 Å². The second-order valence-corrected chi connectivity index (χ2v) is 6.99. The molecule has 3 aromatic rings. The lowest BCUT2D eigenvalue weighted by atomic mass is 10.1. The minimum absolute atomic E-state index is 0.0476. The summed E-state index contributed by atoms with van der Waals surface area (Å²) >= 11 is 1.14. The van der Waals surface area contributed by atoms with Gasteiger partial charge in [-0.15, -0.1) is 10.2 Å². The highest BCUT2D eigenvalue weighted by atomic mass is 32.2. The molecule has 1 atom stereocenters. The van der Waals surface area contributed by atoms with Gasteiger partial charge < -0.3 is 5.32 Å². The minimum atomic E-state index is -1.22. The Hall–Kier alpha value is -3.25. The molecule has 0 saturated heterocycles. The molecule has 1 N–H and O–H groups in total. The van der Waals surface area contributed by atoms with E-state index in [0.29, 0.717) is 11.2 Å². The van der Waals surface area contributed by atoms with Crippen molar-refractivity contribution in [2.45, 2.75) is 24.5 Å². The average Bonchev–Trinajstić information content (AvgIpc) is 3.19. The summed E-state index contributed by atoms with van der Waals surface area (Å²) in [5.41, 5.74) is 1.94. The highest BCUT2D eigenvalue weighted by molar-refractivity contribution is 7.99. The molecule has 0 aliphatic carbocycles. The first-order chi connectivity index (χ1) is 14.0. The Balaban J connectivity index is 1.69. The van der Waals surface area contributed by atoms with Crippen molar-refractivity contribution in [1.29, 1.82) is 5.26 Å². The number of aromatic nitrogens is 3. The number of hydrogen-bond acceptors (Lipinski definition) is 5. The van der Waals surface area contributed by atoms with E-state index < -0.39 is 23.6 Å². The Kier molecular flexibility index (Phi) is 6.57. The first-order valence-corrected chi connectivity index (χ1v) is 9.77. The third-order valence-corrected chi connectivity index (χ3v) is 5.13. The summed E-state index contributed by atoms with van der Waals surface area (Å²) in [7, 11) is 0. The maximum absolute atomic E-state index is 13.9. The number of benzene rings is 2. The van der Waals surface area contributed by atoms with E-state index in [1.54, 1.807) is 10.9 Å². The number of hydrogen-bond donors (Lipinski definition) is 1. The molecule has 0 bridgehead atoms. The van der Waals surface area contributed by atoms with Gasteiger partial charge in [-0.2, -0.15) is 5.26 Å². The van der Waals surface area contributed by atoms with Gasteiger partial charge in [0, 0.05) is 11.6 Å². The summed E-state index contributed by atoms with van der Waals surface area (Å²) in [6.07, 6.45) is 2.40. The van der Waals surface area contributed by atoms with E-state index >= 15 is 0 Å². The molecule has 0 aliphatic heterocycles. The van der Waals surface area contributed by atoms with Crippen LogP contribution in [0.25, 0.3) is 5.69 Å². The summed E-state index contributed by atoms with van der Waals surface area (Å²) in [5.74, 6) is -2.17. The van der Waals surface area contributed by atoms with Gasteiger partial charge >= 0.3 is 0 Å². The number of rotatable bonds is 7. The highest BCUT2D eigenvalue weighted by Crippen LogP contribution is 2.23. The van der Waals surface area contributed by atoms with Crippen LogP contribution in [0.4, 0.5) is 8.78 Å². The number of para-hydroxylation sites is 1. The fraction of sp³-hybridized carbons (Fsp3) is 0.200. The van der Waals surface area contributed by atoms with Crippen molar-refractivity contribution >= 4 is 17.7 Å². The molecule has 3 rings (SSSR count). The number of thioether (sulfide) groups is 1. The maximum atomic E-state index is 13.9. The lowest BCUT2D eigenvalue weighted by Gasteiger charge is -2.13. The second kappa shape index (κ2) is 9.30. The maximum Gasteiger partial charge on any atom is 0.231 e. The van der Waals surface area contributed by atoms with Gasteiger partial charge in [-0.05, 0) is 24.1 Å². The summed E-state index contributed by atoms with van der Waals surface area (Å²) in [4.78, 5) is 12.3. The summed E-state index contributed by atoms with van der Waals surface area (Å²) in [6.45, 7) is 2.04. The second-order valence-electron chi connectivity index (χ2n) is 6.05. The number of nitrogens with one attached hydrogen (secondary N) is 1. The van der Waals surface area contributed by atoms with Gasteiger partial charge in [0.2, 0.25) is 5.91 Å². The molecule has 29 heavy (non-hydrogen) atoms. The predicted molar refractivity (Wildman–Crippen MR) is 104 cm³/mol. The smallest absolute Gasteiger partial charge is 0.231 e. The molecule has 1 unspecified atom stereocenters. The fourth-order valence-electron chi connectivity index (χ4n) is 2.78. The monoisotopic (exact) mass is 413 g/mol. The van der Waals surface area contributed by atoms with Crippen molar-refractivity contribution in [3.8, 4) is 11.8 Å². The molecule has 0 fully saturated rings. The molecule has 9 heteroatoms. The van der Waals surface area contributed by atoms with Crippen LogP contribution in [0.15, 0.2) is 53.9 Å². The van der Waals surface area contributed by atoms with Crippen LogP contribution in [0.5, 0.6) is 0 Å². The van der Waals surface area contributed by atoms with Crippen molar-refractivity contribution < 1.29 is 13.6 Å². The zero-order chi connectivity index (χ0) is 20.8. The standard InChI is InChI=1S/C20H17F2N5OS/c1-2-13-5-3-4-6-18(13)27-12-24-26-20(27)29-11-19(28)25-17(10-23)15-8-7-14(21)9-16(15)22/h3-9,12,17H,2,11H2,1H3,(H,25,28). The molecule has 2 aromatic carbocycles. The molecule has 1 heterocycles. The van der Waals surface area contributed by atoms with Crippen molar-refractivity contribution in [2.24, 2.45) is 0 Å². The topological polar surface area (TPSA) is 83.6 Å². The molecular formula is C20H17F2N5OS. The lowest BCUT2D eigenvalue weighted by Crippen LogP contribution is -2.29. The van der Waals surface area contributed by atoms with Gasteiger partial charge in [0.05, 0.1) is 17.5 Å². The Morgan fingerprint density at radius 3 is 2.83 bits per heavy atom. The zero-order valence-electron chi connectivity index (χ0n) is 15.5. The van der Waals surface area contributed by atoms with Gasteiger partial charge in [0.1, 0.15) is 24.0 Å². The number of nitrogens with zero attached hydrogens (tertiary/aromatic N) is 4. The number of amides is 1. The van der Waals surface area contributed by atoms with Crippen LogP contribution in [0, 0.1) is 23.0 Å². The van der Waals surface area contributed by atoms with E-state index in [1.165, 1.54) is 0 Å². The zero-order valence-corrected chi connectivity index (χ0v) is 16.3. The molecule has 1 aromatic heterocycles. The molecule has 0 saturated carbocycles. The van der Waals surface area contributed by atoms with E-state index in [9.17, 15) is 18.8 Å². The molecule has 1 amide bonds. The van der Waals surface area contributed by atoms with Crippen molar-refractivity contribution in [3.63, 3.8) is 0 Å². The van der Waals surface area contributed by atoms with Crippen molar-refractivity contribution in [1.82, 2.24) is 20.1 Å². The third kappa shape index (κ3) is 4.78. The van der Waals surface area contributed by atoms with Crippen molar-refractivity contribution in [3.05, 3.63) is 71.6 Å². The molecular weight excluding hydrogens is 396 g/mol. The normalized spacial score (nSPS) is 11.7. The molecule has 148 valence electrons. The van der Waals surface area contributed by atoms with Gasteiger partial charge in [0.25, 0.3) is 0 Å². The van der Waals surface area contributed by atoms with Crippen LogP contribution in [0.2, 0.25) is 0 Å². The SMILES string of the molecule is CCc1ccccc1-n1cnnc1SCC(=O)NC(C#N)c1ccc(F)cc1F. The average molecular weight is 413 g/mol. The van der Waals surface area contributed by atoms with E-state index in [4.69, 9.17) is 0 Å². The van der Waals surface area contributed by atoms with E-state index in [1.807, 2.05) is 37.3 Å². The summed E-state index contributed by atoms with van der Waals surface area (Å²) in [6, 6.07) is 11.3. The van der Waals surface area contributed by atoms with Crippen LogP contribution >= 0.6 is 11.8 Å². The number of halogens is 2. The van der Waals surface area contributed by atoms with Gasteiger partial charge in [-0.1, -0.05) is 43.0 Å². The minimum Gasteiger partial charge on any atom is -0.336 e. The van der Waals surface area contributed by atoms with E-state index in [2.05, 4.69) is 15.5 Å². The van der Waals surface area contributed by atoms with E-state index in [-0.39, 0.29) is 11.3 Å². The number of carbonyl (C=O) groups excluding carboxylic acids is 1. The molecule has 0 spiro atoms. The Bertz CT molecular complexity index is 1060. The largest absolute Gasteiger partial charge is 0.336 e.